The van der Waals surface area contributed by atoms with Crippen molar-refractivity contribution in [3.05, 3.63) is 34.8 Å². The average Bonchev–Trinajstić information content (AvgIpc) is 2.82. The van der Waals surface area contributed by atoms with Crippen LogP contribution in [0.15, 0.2) is 16.8 Å². The van der Waals surface area contributed by atoms with Gasteiger partial charge in [0.15, 0.2) is 5.76 Å². The molecule has 0 amide bonds. The van der Waals surface area contributed by atoms with E-state index < -0.39 is 5.97 Å². The minimum atomic E-state index is -0.424. The summed E-state index contributed by atoms with van der Waals surface area (Å²) < 4.78 is 10.2. The van der Waals surface area contributed by atoms with Crippen LogP contribution in [0, 0.1) is 13.8 Å². The zero-order chi connectivity index (χ0) is 14.7. The molecular formula is C15H18N2O3. The van der Waals surface area contributed by atoms with Gasteiger partial charge in [-0.25, -0.2) is 4.79 Å². The van der Waals surface area contributed by atoms with Crippen molar-refractivity contribution in [2.75, 3.05) is 7.11 Å². The Labute approximate surface area is 118 Å². The topological polar surface area (TPSA) is 65.2 Å². The highest BCUT2D eigenvalue weighted by atomic mass is 16.5. The number of carbonyl (C=O) groups excluding carboxylic acids is 1. The van der Waals surface area contributed by atoms with Gasteiger partial charge in [-0.2, -0.15) is 0 Å². The first-order valence-corrected chi connectivity index (χ1v) is 6.59. The molecule has 5 heteroatoms. The van der Waals surface area contributed by atoms with Crippen LogP contribution in [0.4, 0.5) is 0 Å². The SMILES string of the molecule is CCCc1onc(-c2c(C)ccnc2C)c1C(=O)OC. The minimum Gasteiger partial charge on any atom is -0.465 e. The molecule has 0 aliphatic heterocycles. The summed E-state index contributed by atoms with van der Waals surface area (Å²) in [5.74, 6) is 0.143. The van der Waals surface area contributed by atoms with Crippen LogP contribution in [0.3, 0.4) is 0 Å². The molecule has 0 aliphatic rings. The summed E-state index contributed by atoms with van der Waals surface area (Å²) >= 11 is 0. The van der Waals surface area contributed by atoms with Crippen molar-refractivity contribution >= 4 is 5.97 Å². The first-order chi connectivity index (χ1) is 9.60. The third kappa shape index (κ3) is 2.43. The molecule has 0 N–H and O–H groups in total. The predicted molar refractivity (Wildman–Crippen MR) is 74.5 cm³/mol. The predicted octanol–water partition coefficient (Wildman–Crippen LogP) is 3.09. The summed E-state index contributed by atoms with van der Waals surface area (Å²) in [6.45, 7) is 5.86. The Bertz CT molecular complexity index is 612. The summed E-state index contributed by atoms with van der Waals surface area (Å²) in [4.78, 5) is 16.3. The molecule has 0 atom stereocenters. The number of rotatable bonds is 4. The summed E-state index contributed by atoms with van der Waals surface area (Å²) in [6, 6.07) is 1.89. The second-order valence-corrected chi connectivity index (χ2v) is 4.66. The van der Waals surface area contributed by atoms with Gasteiger partial charge < -0.3 is 9.26 Å². The van der Waals surface area contributed by atoms with Crippen LogP contribution < -0.4 is 0 Å². The maximum atomic E-state index is 12.0. The van der Waals surface area contributed by atoms with Gasteiger partial charge in [0.05, 0.1) is 7.11 Å². The van der Waals surface area contributed by atoms with Crippen molar-refractivity contribution in [2.45, 2.75) is 33.6 Å². The molecule has 0 fully saturated rings. The normalized spacial score (nSPS) is 10.6. The first kappa shape index (κ1) is 14.2. The molecule has 2 aromatic heterocycles. The summed E-state index contributed by atoms with van der Waals surface area (Å²) in [5.41, 5.74) is 3.57. The molecule has 0 spiro atoms. The van der Waals surface area contributed by atoms with E-state index in [0.29, 0.717) is 23.4 Å². The maximum absolute atomic E-state index is 12.0. The van der Waals surface area contributed by atoms with Gasteiger partial charge in [-0.1, -0.05) is 12.1 Å². The number of pyridine rings is 1. The lowest BCUT2D eigenvalue weighted by atomic mass is 9.99. The van der Waals surface area contributed by atoms with Crippen LogP contribution >= 0.6 is 0 Å². The number of methoxy groups -OCH3 is 1. The Morgan fingerprint density at radius 3 is 2.75 bits per heavy atom. The fourth-order valence-electron chi connectivity index (χ4n) is 2.26. The highest BCUT2D eigenvalue weighted by Gasteiger charge is 2.26. The van der Waals surface area contributed by atoms with E-state index in [-0.39, 0.29) is 0 Å². The molecule has 106 valence electrons. The number of ether oxygens (including phenoxy) is 1. The number of hydrogen-bond donors (Lipinski definition) is 0. The molecule has 5 nitrogen and oxygen atoms in total. The second-order valence-electron chi connectivity index (χ2n) is 4.66. The number of hydrogen-bond acceptors (Lipinski definition) is 5. The molecule has 2 heterocycles. The van der Waals surface area contributed by atoms with Gasteiger partial charge in [0.2, 0.25) is 0 Å². The van der Waals surface area contributed by atoms with Gasteiger partial charge in [0.1, 0.15) is 11.3 Å². The standard InChI is InChI=1S/C15H18N2O3/c1-5-6-11-13(15(18)19-4)14(17-20-11)12-9(2)7-8-16-10(12)3/h7-8H,5-6H2,1-4H3. The van der Waals surface area contributed by atoms with Crippen LogP contribution in [0.5, 0.6) is 0 Å². The molecular weight excluding hydrogens is 256 g/mol. The molecule has 0 aliphatic carbocycles. The van der Waals surface area contributed by atoms with Crippen molar-refractivity contribution < 1.29 is 14.1 Å². The summed E-state index contributed by atoms with van der Waals surface area (Å²) in [6.07, 6.45) is 3.25. The van der Waals surface area contributed by atoms with Crippen molar-refractivity contribution in [2.24, 2.45) is 0 Å². The zero-order valence-corrected chi connectivity index (χ0v) is 12.2. The third-order valence-corrected chi connectivity index (χ3v) is 3.22. The van der Waals surface area contributed by atoms with E-state index in [0.717, 1.165) is 23.2 Å². The third-order valence-electron chi connectivity index (χ3n) is 3.22. The fourth-order valence-corrected chi connectivity index (χ4v) is 2.26. The van der Waals surface area contributed by atoms with Crippen LogP contribution in [-0.4, -0.2) is 23.2 Å². The maximum Gasteiger partial charge on any atom is 0.343 e. The largest absolute Gasteiger partial charge is 0.465 e. The molecule has 0 unspecified atom stereocenters. The Morgan fingerprint density at radius 2 is 2.15 bits per heavy atom. The van der Waals surface area contributed by atoms with Gasteiger partial charge >= 0.3 is 5.97 Å². The van der Waals surface area contributed by atoms with Crippen molar-refractivity contribution in [3.8, 4) is 11.3 Å². The smallest absolute Gasteiger partial charge is 0.343 e. The molecule has 2 aromatic rings. The number of carbonyl (C=O) groups is 1. The first-order valence-electron chi connectivity index (χ1n) is 6.59. The molecule has 0 saturated heterocycles. The zero-order valence-electron chi connectivity index (χ0n) is 12.2. The van der Waals surface area contributed by atoms with E-state index in [1.807, 2.05) is 26.8 Å². The number of nitrogens with zero attached hydrogens (tertiary/aromatic N) is 2. The van der Waals surface area contributed by atoms with Gasteiger partial charge in [-0.15, -0.1) is 0 Å². The number of aryl methyl sites for hydroxylation is 3. The molecule has 0 aromatic carbocycles. The van der Waals surface area contributed by atoms with E-state index in [9.17, 15) is 4.79 Å². The van der Waals surface area contributed by atoms with Crippen molar-refractivity contribution in [3.63, 3.8) is 0 Å². The monoisotopic (exact) mass is 274 g/mol. The van der Waals surface area contributed by atoms with E-state index in [2.05, 4.69) is 10.1 Å². The lowest BCUT2D eigenvalue weighted by Crippen LogP contribution is -2.06. The van der Waals surface area contributed by atoms with Crippen LogP contribution in [0.1, 0.15) is 40.7 Å². The Morgan fingerprint density at radius 1 is 1.40 bits per heavy atom. The second kappa shape index (κ2) is 5.86. The highest BCUT2D eigenvalue weighted by Crippen LogP contribution is 2.31. The van der Waals surface area contributed by atoms with E-state index in [1.165, 1.54) is 7.11 Å². The van der Waals surface area contributed by atoms with E-state index in [4.69, 9.17) is 9.26 Å². The number of aromatic nitrogens is 2. The molecule has 20 heavy (non-hydrogen) atoms. The molecule has 0 saturated carbocycles. The average molecular weight is 274 g/mol. The summed E-state index contributed by atoms with van der Waals surface area (Å²) in [5, 5.41) is 4.08. The molecule has 2 rings (SSSR count). The van der Waals surface area contributed by atoms with E-state index >= 15 is 0 Å². The number of esters is 1. The lowest BCUT2D eigenvalue weighted by Gasteiger charge is -2.07. The molecule has 0 radical (unpaired) electrons. The van der Waals surface area contributed by atoms with Crippen LogP contribution in [0.2, 0.25) is 0 Å². The van der Waals surface area contributed by atoms with E-state index in [1.54, 1.807) is 6.20 Å². The van der Waals surface area contributed by atoms with Crippen LogP contribution in [0.25, 0.3) is 11.3 Å². The Balaban J connectivity index is 2.65. The Kier molecular flexibility index (Phi) is 4.17. The van der Waals surface area contributed by atoms with Gasteiger partial charge in [-0.05, 0) is 31.9 Å². The van der Waals surface area contributed by atoms with Crippen LogP contribution in [-0.2, 0) is 11.2 Å². The van der Waals surface area contributed by atoms with Crippen molar-refractivity contribution in [1.82, 2.24) is 10.1 Å². The lowest BCUT2D eigenvalue weighted by molar-refractivity contribution is 0.0599. The Hall–Kier alpha value is -2.17. The quantitative estimate of drug-likeness (QED) is 0.801. The highest BCUT2D eigenvalue weighted by molar-refractivity contribution is 5.97. The summed E-state index contributed by atoms with van der Waals surface area (Å²) in [7, 11) is 1.36. The van der Waals surface area contributed by atoms with Gasteiger partial charge in [-0.3, -0.25) is 4.98 Å². The minimum absolute atomic E-state index is 0.411. The van der Waals surface area contributed by atoms with Gasteiger partial charge in [0, 0.05) is 23.9 Å². The van der Waals surface area contributed by atoms with Gasteiger partial charge in [0.25, 0.3) is 0 Å². The van der Waals surface area contributed by atoms with Crippen molar-refractivity contribution in [1.29, 1.82) is 0 Å². The fraction of sp³-hybridized carbons (Fsp3) is 0.400. The molecule has 0 bridgehead atoms.